The van der Waals surface area contributed by atoms with Crippen LogP contribution in [0.4, 0.5) is 11.4 Å². The number of anilines is 1. The average molecular weight is 441 g/mol. The first-order valence-corrected chi connectivity index (χ1v) is 11.4. The van der Waals surface area contributed by atoms with Crippen molar-refractivity contribution < 1.29 is 18.1 Å². The van der Waals surface area contributed by atoms with Crippen molar-refractivity contribution in [3.63, 3.8) is 0 Å². The molecule has 1 aliphatic heterocycles. The number of thiophene rings is 1. The highest BCUT2D eigenvalue weighted by molar-refractivity contribution is 7.89. The number of likely N-dealkylation sites (N-methyl/N-ethyl adjacent to an activating group) is 1. The molecule has 0 spiro atoms. The molecule has 0 aliphatic carbocycles. The van der Waals surface area contributed by atoms with Crippen molar-refractivity contribution in [2.24, 2.45) is 0 Å². The van der Waals surface area contributed by atoms with E-state index in [1.165, 1.54) is 16.4 Å². The molecule has 3 rings (SSSR count). The first-order chi connectivity index (χ1) is 13.8. The molecule has 1 aromatic heterocycles. The summed E-state index contributed by atoms with van der Waals surface area (Å²) >= 11 is 1.62. The van der Waals surface area contributed by atoms with E-state index in [9.17, 15) is 18.5 Å². The fourth-order valence-corrected chi connectivity index (χ4v) is 5.65. The quantitative estimate of drug-likeness (QED) is 0.496. The van der Waals surface area contributed by atoms with Crippen LogP contribution in [0, 0.1) is 10.1 Å². The van der Waals surface area contributed by atoms with Gasteiger partial charge in [0.25, 0.3) is 5.69 Å². The smallest absolute Gasteiger partial charge is 0.270 e. The third kappa shape index (κ3) is 4.93. The minimum absolute atomic E-state index is 0.0316. The van der Waals surface area contributed by atoms with Crippen LogP contribution in [0.3, 0.4) is 0 Å². The standard InChI is InChI=1S/C18H24N4O5S2/c1-20(2)16(17-4-3-11-28-17)13-19-15-6-5-14(22(23)24)12-18(15)29(25,26)21-7-9-27-10-8-21/h3-6,11-12,16,19H,7-10,13H2,1-2H3. The first-order valence-electron chi connectivity index (χ1n) is 9.10. The van der Waals surface area contributed by atoms with Crippen LogP contribution in [0.5, 0.6) is 0 Å². The fraction of sp³-hybridized carbons (Fsp3) is 0.444. The number of nitrogens with one attached hydrogen (secondary N) is 1. The monoisotopic (exact) mass is 440 g/mol. The maximum absolute atomic E-state index is 13.2. The Morgan fingerprint density at radius 2 is 2.03 bits per heavy atom. The molecule has 2 heterocycles. The Kier molecular flexibility index (Phi) is 6.85. The first kappa shape index (κ1) is 21.7. The number of non-ortho nitro benzene ring substituents is 1. The number of morpholine rings is 1. The average Bonchev–Trinajstić information content (AvgIpc) is 3.23. The number of nitro benzene ring substituents is 1. The van der Waals surface area contributed by atoms with Gasteiger partial charge < -0.3 is 15.0 Å². The van der Waals surface area contributed by atoms with Crippen molar-refractivity contribution in [3.8, 4) is 0 Å². The lowest BCUT2D eigenvalue weighted by Gasteiger charge is -2.28. The van der Waals surface area contributed by atoms with Crippen LogP contribution in [0.25, 0.3) is 0 Å². The zero-order chi connectivity index (χ0) is 21.0. The van der Waals surface area contributed by atoms with Crippen LogP contribution in [-0.2, 0) is 14.8 Å². The number of hydrogen-bond acceptors (Lipinski definition) is 8. The van der Waals surface area contributed by atoms with E-state index in [4.69, 9.17) is 4.74 Å². The molecule has 158 valence electrons. The van der Waals surface area contributed by atoms with Gasteiger partial charge in [0.1, 0.15) is 4.90 Å². The highest BCUT2D eigenvalue weighted by Gasteiger charge is 2.30. The van der Waals surface area contributed by atoms with Gasteiger partial charge in [-0.15, -0.1) is 11.3 Å². The maximum Gasteiger partial charge on any atom is 0.270 e. The molecular weight excluding hydrogens is 416 g/mol. The Balaban J connectivity index is 1.92. The second kappa shape index (κ2) is 9.18. The Morgan fingerprint density at radius 1 is 1.31 bits per heavy atom. The lowest BCUT2D eigenvalue weighted by molar-refractivity contribution is -0.385. The van der Waals surface area contributed by atoms with Gasteiger partial charge in [-0.2, -0.15) is 4.31 Å². The molecule has 9 nitrogen and oxygen atoms in total. The molecule has 1 aromatic carbocycles. The van der Waals surface area contributed by atoms with E-state index in [1.54, 1.807) is 11.3 Å². The molecule has 0 radical (unpaired) electrons. The summed E-state index contributed by atoms with van der Waals surface area (Å²) in [5, 5.41) is 16.4. The van der Waals surface area contributed by atoms with Crippen LogP contribution >= 0.6 is 11.3 Å². The molecule has 29 heavy (non-hydrogen) atoms. The van der Waals surface area contributed by atoms with Crippen molar-refractivity contribution in [2.45, 2.75) is 10.9 Å². The molecule has 0 bridgehead atoms. The van der Waals surface area contributed by atoms with Gasteiger partial charge in [-0.1, -0.05) is 6.07 Å². The summed E-state index contributed by atoms with van der Waals surface area (Å²) < 4.78 is 32.9. The maximum atomic E-state index is 13.2. The highest BCUT2D eigenvalue weighted by Crippen LogP contribution is 2.31. The van der Waals surface area contributed by atoms with E-state index < -0.39 is 14.9 Å². The third-order valence-electron chi connectivity index (χ3n) is 4.74. The van der Waals surface area contributed by atoms with Crippen LogP contribution in [0.1, 0.15) is 10.9 Å². The molecular formula is C18H24N4O5S2. The number of benzene rings is 1. The molecule has 1 aliphatic rings. The zero-order valence-corrected chi connectivity index (χ0v) is 17.9. The summed E-state index contributed by atoms with van der Waals surface area (Å²) in [6.07, 6.45) is 0. The second-order valence-corrected chi connectivity index (χ2v) is 9.72. The Bertz CT molecular complexity index is 941. The van der Waals surface area contributed by atoms with Gasteiger partial charge in [0, 0.05) is 36.6 Å². The minimum Gasteiger partial charge on any atom is -0.382 e. The number of nitro groups is 1. The fourth-order valence-electron chi connectivity index (χ4n) is 3.14. The summed E-state index contributed by atoms with van der Waals surface area (Å²) in [4.78, 5) is 13.7. The van der Waals surface area contributed by atoms with Gasteiger partial charge in [-0.05, 0) is 31.6 Å². The summed E-state index contributed by atoms with van der Waals surface area (Å²) in [7, 11) is 0.00809. The molecule has 11 heteroatoms. The molecule has 1 atom stereocenters. The number of nitrogens with zero attached hydrogens (tertiary/aromatic N) is 3. The van der Waals surface area contributed by atoms with Gasteiger partial charge in [0.05, 0.1) is 29.9 Å². The summed E-state index contributed by atoms with van der Waals surface area (Å²) in [6.45, 7) is 1.51. The lowest BCUT2D eigenvalue weighted by atomic mass is 10.2. The number of ether oxygens (including phenoxy) is 1. The number of sulfonamides is 1. The van der Waals surface area contributed by atoms with E-state index >= 15 is 0 Å². The zero-order valence-electron chi connectivity index (χ0n) is 16.3. The SMILES string of the molecule is CN(C)C(CNc1ccc([N+](=O)[O-])cc1S(=O)(=O)N1CCOCC1)c1cccs1. The molecule has 0 saturated carbocycles. The predicted octanol–water partition coefficient (Wildman–Crippen LogP) is 2.39. The van der Waals surface area contributed by atoms with Crippen molar-refractivity contribution >= 4 is 32.7 Å². The summed E-state index contributed by atoms with van der Waals surface area (Å²) in [5.41, 5.74) is 0.0929. The van der Waals surface area contributed by atoms with Gasteiger partial charge in [0.15, 0.2) is 0 Å². The minimum atomic E-state index is -3.90. The van der Waals surface area contributed by atoms with E-state index in [1.807, 2.05) is 36.5 Å². The number of rotatable bonds is 8. The van der Waals surface area contributed by atoms with Crippen LogP contribution in [-0.4, -0.2) is 69.5 Å². The molecule has 0 amide bonds. The van der Waals surface area contributed by atoms with Crippen LogP contribution in [0.15, 0.2) is 40.6 Å². The van der Waals surface area contributed by atoms with Crippen molar-refractivity contribution in [1.82, 2.24) is 9.21 Å². The number of hydrogen-bond donors (Lipinski definition) is 1. The van der Waals surface area contributed by atoms with Gasteiger partial charge in [-0.3, -0.25) is 10.1 Å². The van der Waals surface area contributed by atoms with E-state index in [0.717, 1.165) is 10.9 Å². The van der Waals surface area contributed by atoms with Crippen LogP contribution in [0.2, 0.25) is 0 Å². The van der Waals surface area contributed by atoms with Gasteiger partial charge in [0.2, 0.25) is 10.0 Å². The van der Waals surface area contributed by atoms with E-state index in [-0.39, 0.29) is 29.7 Å². The second-order valence-electron chi connectivity index (χ2n) is 6.83. The summed E-state index contributed by atoms with van der Waals surface area (Å²) in [5.74, 6) is 0. The normalized spacial score (nSPS) is 16.7. The Labute approximate surface area is 174 Å². The van der Waals surface area contributed by atoms with Crippen molar-refractivity contribution in [1.29, 1.82) is 0 Å². The van der Waals surface area contributed by atoms with Gasteiger partial charge >= 0.3 is 0 Å². The molecule has 1 saturated heterocycles. The van der Waals surface area contributed by atoms with Crippen LogP contribution < -0.4 is 5.32 Å². The Hall–Kier alpha value is -2.05. The van der Waals surface area contributed by atoms with Crippen molar-refractivity contribution in [3.05, 3.63) is 50.7 Å². The third-order valence-corrected chi connectivity index (χ3v) is 7.66. The topological polar surface area (TPSA) is 105 Å². The van der Waals surface area contributed by atoms with Gasteiger partial charge in [-0.25, -0.2) is 8.42 Å². The molecule has 1 fully saturated rings. The summed E-state index contributed by atoms with van der Waals surface area (Å²) in [6, 6.07) is 7.94. The Morgan fingerprint density at radius 3 is 2.62 bits per heavy atom. The predicted molar refractivity (Wildman–Crippen MR) is 112 cm³/mol. The lowest BCUT2D eigenvalue weighted by Crippen LogP contribution is -2.41. The molecule has 1 N–H and O–H groups in total. The van der Waals surface area contributed by atoms with E-state index in [2.05, 4.69) is 5.32 Å². The highest BCUT2D eigenvalue weighted by atomic mass is 32.2. The van der Waals surface area contributed by atoms with Crippen molar-refractivity contribution in [2.75, 3.05) is 52.3 Å². The van der Waals surface area contributed by atoms with E-state index in [0.29, 0.717) is 25.4 Å². The molecule has 1 unspecified atom stereocenters. The molecule has 2 aromatic rings. The largest absolute Gasteiger partial charge is 0.382 e.